The van der Waals surface area contributed by atoms with Crippen LogP contribution in [0.5, 0.6) is 0 Å². The van der Waals surface area contributed by atoms with Gasteiger partial charge in [0.15, 0.2) is 0 Å². The van der Waals surface area contributed by atoms with E-state index in [-0.39, 0.29) is 36.1 Å². The SMILES string of the molecule is CC(C)C(=O)N(CCN1CCOCC1)CC(=O)N1N=C(c2ccc(F)cc2)C[C@@H]1c1ccccc1. The highest BCUT2D eigenvalue weighted by molar-refractivity contribution is 6.03. The van der Waals surface area contributed by atoms with Gasteiger partial charge in [-0.25, -0.2) is 9.40 Å². The largest absolute Gasteiger partial charge is 0.379 e. The maximum atomic E-state index is 13.6. The lowest BCUT2D eigenvalue weighted by atomic mass is 9.98. The Morgan fingerprint density at radius 1 is 1.09 bits per heavy atom. The summed E-state index contributed by atoms with van der Waals surface area (Å²) in [6.07, 6.45) is 0.521. The van der Waals surface area contributed by atoms with Gasteiger partial charge in [-0.2, -0.15) is 5.10 Å². The van der Waals surface area contributed by atoms with E-state index in [2.05, 4.69) is 10.0 Å². The Morgan fingerprint density at radius 2 is 1.77 bits per heavy atom. The highest BCUT2D eigenvalue weighted by atomic mass is 19.1. The number of morpholine rings is 1. The summed E-state index contributed by atoms with van der Waals surface area (Å²) in [6.45, 7) is 7.85. The quantitative estimate of drug-likeness (QED) is 0.582. The van der Waals surface area contributed by atoms with E-state index in [0.29, 0.717) is 32.7 Å². The van der Waals surface area contributed by atoms with Crippen LogP contribution in [0.25, 0.3) is 0 Å². The molecule has 7 nitrogen and oxygen atoms in total. The Bertz CT molecular complexity index is 1040. The number of hydrogen-bond donors (Lipinski definition) is 0. The number of halogens is 1. The van der Waals surface area contributed by atoms with Crippen molar-refractivity contribution in [3.05, 3.63) is 71.5 Å². The molecule has 1 saturated heterocycles. The fourth-order valence-corrected chi connectivity index (χ4v) is 4.45. The van der Waals surface area contributed by atoms with E-state index in [9.17, 15) is 14.0 Å². The molecule has 2 aliphatic heterocycles. The van der Waals surface area contributed by atoms with Crippen molar-refractivity contribution >= 4 is 17.5 Å². The van der Waals surface area contributed by atoms with Gasteiger partial charge in [0.2, 0.25) is 5.91 Å². The lowest BCUT2D eigenvalue weighted by molar-refractivity contribution is -0.143. The van der Waals surface area contributed by atoms with E-state index in [0.717, 1.165) is 29.9 Å². The number of ether oxygens (including phenoxy) is 1. The molecule has 1 atom stereocenters. The lowest BCUT2D eigenvalue weighted by Crippen LogP contribution is -2.47. The fraction of sp³-hybridized carbons (Fsp3) is 0.444. The average molecular weight is 481 g/mol. The van der Waals surface area contributed by atoms with Crippen LogP contribution in [0.1, 0.15) is 37.4 Å². The molecule has 0 spiro atoms. The van der Waals surface area contributed by atoms with Gasteiger partial charge < -0.3 is 9.64 Å². The van der Waals surface area contributed by atoms with Crippen LogP contribution < -0.4 is 0 Å². The molecule has 35 heavy (non-hydrogen) atoms. The number of carbonyl (C=O) groups excluding carboxylic acids is 2. The van der Waals surface area contributed by atoms with Crippen LogP contribution in [0.4, 0.5) is 4.39 Å². The normalized spacial score (nSPS) is 18.6. The zero-order valence-electron chi connectivity index (χ0n) is 20.4. The van der Waals surface area contributed by atoms with Gasteiger partial charge in [-0.1, -0.05) is 56.3 Å². The van der Waals surface area contributed by atoms with Gasteiger partial charge in [0.05, 0.1) is 25.0 Å². The van der Waals surface area contributed by atoms with E-state index in [1.807, 2.05) is 44.2 Å². The minimum absolute atomic E-state index is 0.0368. The summed E-state index contributed by atoms with van der Waals surface area (Å²) < 4.78 is 18.9. The molecule has 4 rings (SSSR count). The van der Waals surface area contributed by atoms with Crippen LogP contribution in [0.15, 0.2) is 59.7 Å². The molecule has 2 aromatic rings. The second kappa shape index (κ2) is 11.6. The number of benzene rings is 2. The van der Waals surface area contributed by atoms with Crippen LogP contribution in [0.3, 0.4) is 0 Å². The van der Waals surface area contributed by atoms with Gasteiger partial charge in [-0.3, -0.25) is 14.5 Å². The molecule has 8 heteroatoms. The number of carbonyl (C=O) groups is 2. The number of amides is 2. The number of hydrazone groups is 1. The first kappa shape index (κ1) is 25.0. The maximum Gasteiger partial charge on any atom is 0.262 e. The highest BCUT2D eigenvalue weighted by Crippen LogP contribution is 2.33. The molecular weight excluding hydrogens is 447 g/mol. The molecule has 186 valence electrons. The Kier molecular flexibility index (Phi) is 8.25. The van der Waals surface area contributed by atoms with Crippen molar-refractivity contribution in [3.8, 4) is 0 Å². The minimum Gasteiger partial charge on any atom is -0.379 e. The fourth-order valence-electron chi connectivity index (χ4n) is 4.45. The summed E-state index contributed by atoms with van der Waals surface area (Å²) in [6, 6.07) is 15.6. The highest BCUT2D eigenvalue weighted by Gasteiger charge is 2.34. The molecule has 0 aliphatic carbocycles. The number of hydrogen-bond acceptors (Lipinski definition) is 5. The van der Waals surface area contributed by atoms with Crippen LogP contribution in [0, 0.1) is 11.7 Å². The van der Waals surface area contributed by atoms with Crippen molar-refractivity contribution in [1.82, 2.24) is 14.8 Å². The van der Waals surface area contributed by atoms with Gasteiger partial charge >= 0.3 is 0 Å². The van der Waals surface area contributed by atoms with Crippen molar-refractivity contribution in [3.63, 3.8) is 0 Å². The standard InChI is InChI=1S/C27H33FN4O3/c1-20(2)27(34)31(13-12-30-14-16-35-17-15-30)19-26(33)32-25(22-6-4-3-5-7-22)18-24(29-32)21-8-10-23(28)11-9-21/h3-11,20,25H,12-19H2,1-2H3/t25-/m1/s1. The predicted molar refractivity (Wildman–Crippen MR) is 132 cm³/mol. The number of nitrogens with zero attached hydrogens (tertiary/aromatic N) is 4. The summed E-state index contributed by atoms with van der Waals surface area (Å²) >= 11 is 0. The first-order chi connectivity index (χ1) is 16.9. The Balaban J connectivity index is 1.54. The molecule has 2 heterocycles. The molecule has 2 aromatic carbocycles. The Hall–Kier alpha value is -3.10. The summed E-state index contributed by atoms with van der Waals surface area (Å²) in [5.41, 5.74) is 2.48. The second-order valence-electron chi connectivity index (χ2n) is 9.29. The van der Waals surface area contributed by atoms with Crippen LogP contribution in [-0.4, -0.2) is 78.3 Å². The number of rotatable bonds is 8. The third kappa shape index (κ3) is 6.32. The first-order valence-electron chi connectivity index (χ1n) is 12.2. The topological polar surface area (TPSA) is 65.5 Å². The summed E-state index contributed by atoms with van der Waals surface area (Å²) in [7, 11) is 0. The van der Waals surface area contributed by atoms with Crippen LogP contribution in [0.2, 0.25) is 0 Å². The van der Waals surface area contributed by atoms with Gasteiger partial charge in [0, 0.05) is 38.5 Å². The van der Waals surface area contributed by atoms with E-state index >= 15 is 0 Å². The van der Waals surface area contributed by atoms with E-state index in [1.54, 1.807) is 17.0 Å². The van der Waals surface area contributed by atoms with Crippen LogP contribution >= 0.6 is 0 Å². The Morgan fingerprint density at radius 3 is 2.43 bits per heavy atom. The zero-order chi connectivity index (χ0) is 24.8. The molecule has 2 amide bonds. The molecule has 0 saturated carbocycles. The smallest absolute Gasteiger partial charge is 0.262 e. The molecule has 2 aliphatic rings. The third-order valence-corrected chi connectivity index (χ3v) is 6.45. The molecular formula is C27H33FN4O3. The van der Waals surface area contributed by atoms with Gasteiger partial charge in [-0.05, 0) is 23.3 Å². The molecule has 0 N–H and O–H groups in total. The van der Waals surface area contributed by atoms with Crippen molar-refractivity contribution in [2.24, 2.45) is 11.0 Å². The second-order valence-corrected chi connectivity index (χ2v) is 9.29. The molecule has 1 fully saturated rings. The molecule has 0 unspecified atom stereocenters. The average Bonchev–Trinajstić information content (AvgIpc) is 3.33. The van der Waals surface area contributed by atoms with E-state index in [4.69, 9.17) is 4.74 Å². The third-order valence-electron chi connectivity index (χ3n) is 6.45. The minimum atomic E-state index is -0.317. The Labute approximate surface area is 206 Å². The molecule has 0 aromatic heterocycles. The maximum absolute atomic E-state index is 13.6. The summed E-state index contributed by atoms with van der Waals surface area (Å²) in [4.78, 5) is 30.5. The van der Waals surface area contributed by atoms with Crippen molar-refractivity contribution in [1.29, 1.82) is 0 Å². The van der Waals surface area contributed by atoms with Gasteiger partial charge in [0.25, 0.3) is 5.91 Å². The van der Waals surface area contributed by atoms with Crippen molar-refractivity contribution in [2.75, 3.05) is 45.9 Å². The predicted octanol–water partition coefficient (Wildman–Crippen LogP) is 3.32. The van der Waals surface area contributed by atoms with Crippen molar-refractivity contribution < 1.29 is 18.7 Å². The molecule has 0 bridgehead atoms. The molecule has 0 radical (unpaired) electrons. The van der Waals surface area contributed by atoms with E-state index < -0.39 is 0 Å². The van der Waals surface area contributed by atoms with Gasteiger partial charge in [0.1, 0.15) is 12.4 Å². The summed E-state index contributed by atoms with van der Waals surface area (Å²) in [5.74, 6) is -0.811. The van der Waals surface area contributed by atoms with Crippen LogP contribution in [-0.2, 0) is 14.3 Å². The van der Waals surface area contributed by atoms with Gasteiger partial charge in [-0.15, -0.1) is 0 Å². The zero-order valence-corrected chi connectivity index (χ0v) is 20.4. The first-order valence-corrected chi connectivity index (χ1v) is 12.2. The monoisotopic (exact) mass is 480 g/mol. The lowest BCUT2D eigenvalue weighted by Gasteiger charge is -2.31. The van der Waals surface area contributed by atoms with E-state index in [1.165, 1.54) is 17.1 Å². The summed E-state index contributed by atoms with van der Waals surface area (Å²) in [5, 5.41) is 6.17. The van der Waals surface area contributed by atoms with Crippen molar-refractivity contribution in [2.45, 2.75) is 26.3 Å².